The topological polar surface area (TPSA) is 87.7 Å². The van der Waals surface area contributed by atoms with Gasteiger partial charge in [0.1, 0.15) is 5.75 Å². The summed E-state index contributed by atoms with van der Waals surface area (Å²) in [5.41, 5.74) is 2.38. The molecule has 0 aliphatic carbocycles. The predicted molar refractivity (Wildman–Crippen MR) is 94.8 cm³/mol. The molecule has 2 saturated heterocycles. The van der Waals surface area contributed by atoms with Crippen LogP contribution in [0.5, 0.6) is 5.75 Å². The van der Waals surface area contributed by atoms with Crippen LogP contribution in [0.15, 0.2) is 30.5 Å². The first-order valence-corrected chi connectivity index (χ1v) is 8.82. The van der Waals surface area contributed by atoms with Gasteiger partial charge in [-0.1, -0.05) is 0 Å². The third kappa shape index (κ3) is 2.87. The van der Waals surface area contributed by atoms with Crippen LogP contribution in [-0.4, -0.2) is 59.6 Å². The number of rotatable bonds is 5. The molecule has 138 valence electrons. The molecule has 2 aliphatic heterocycles. The van der Waals surface area contributed by atoms with E-state index < -0.39 is 11.4 Å². The van der Waals surface area contributed by atoms with Crippen LogP contribution in [0.3, 0.4) is 0 Å². The molecule has 2 aliphatic rings. The average Bonchev–Trinajstić information content (AvgIpc) is 3.26. The molecule has 0 saturated carbocycles. The maximum Gasteiger partial charge on any atom is 0.311 e. The summed E-state index contributed by atoms with van der Waals surface area (Å²) >= 11 is 0. The van der Waals surface area contributed by atoms with Gasteiger partial charge in [-0.2, -0.15) is 5.10 Å². The normalized spacial score (nSPS) is 25.8. The highest BCUT2D eigenvalue weighted by Gasteiger charge is 2.53. The Morgan fingerprint density at radius 2 is 2.27 bits per heavy atom. The number of aliphatic carboxylic acids is 1. The number of fused-ring (bicyclic) bond motifs is 1. The second-order valence-electron chi connectivity index (χ2n) is 7.15. The van der Waals surface area contributed by atoms with Gasteiger partial charge in [0, 0.05) is 43.3 Å². The molecular formula is C19H23N3O4. The smallest absolute Gasteiger partial charge is 0.311 e. The first-order valence-electron chi connectivity index (χ1n) is 8.82. The number of likely N-dealkylation sites (tertiary alicyclic amines) is 1. The fourth-order valence-corrected chi connectivity index (χ4v) is 4.20. The number of hydrogen-bond donors (Lipinski definition) is 2. The minimum Gasteiger partial charge on any atom is -0.497 e. The van der Waals surface area contributed by atoms with E-state index in [2.05, 4.69) is 15.1 Å². The number of carboxylic acids is 1. The van der Waals surface area contributed by atoms with Crippen LogP contribution < -0.4 is 4.74 Å². The summed E-state index contributed by atoms with van der Waals surface area (Å²) in [6.07, 6.45) is 2.41. The highest BCUT2D eigenvalue weighted by molar-refractivity contribution is 5.76. The number of H-pyrrole nitrogens is 1. The Morgan fingerprint density at radius 3 is 2.96 bits per heavy atom. The molecule has 0 bridgehead atoms. The maximum absolute atomic E-state index is 11.9. The minimum atomic E-state index is -0.698. The Hall–Kier alpha value is -2.38. The van der Waals surface area contributed by atoms with Gasteiger partial charge < -0.3 is 14.6 Å². The molecule has 0 spiro atoms. The van der Waals surface area contributed by atoms with Gasteiger partial charge in [-0.25, -0.2) is 0 Å². The second-order valence-corrected chi connectivity index (χ2v) is 7.15. The third-order valence-corrected chi connectivity index (χ3v) is 5.69. The molecule has 7 nitrogen and oxygen atoms in total. The summed E-state index contributed by atoms with van der Waals surface area (Å²) in [6.45, 7) is 3.02. The molecule has 2 N–H and O–H groups in total. The van der Waals surface area contributed by atoms with E-state index in [1.54, 1.807) is 7.11 Å². The van der Waals surface area contributed by atoms with Crippen molar-refractivity contribution in [3.05, 3.63) is 36.0 Å². The minimum absolute atomic E-state index is 0.0464. The Labute approximate surface area is 151 Å². The lowest BCUT2D eigenvalue weighted by molar-refractivity contribution is -0.157. The highest BCUT2D eigenvalue weighted by Crippen LogP contribution is 2.43. The zero-order valence-electron chi connectivity index (χ0n) is 14.8. The Bertz CT molecular complexity index is 788. The SMILES string of the molecule is COc1ccc(-c2[nH]ncc2CN2C[C@@H]3COCC[C@]3(C(=O)O)C2)cc1. The number of benzene rings is 1. The van der Waals surface area contributed by atoms with Gasteiger partial charge in [-0.05, 0) is 30.7 Å². The molecular weight excluding hydrogens is 334 g/mol. The Morgan fingerprint density at radius 1 is 1.46 bits per heavy atom. The molecule has 7 heteroatoms. The Kier molecular flexibility index (Phi) is 4.42. The summed E-state index contributed by atoms with van der Waals surface area (Å²) in [5, 5.41) is 17.1. The molecule has 26 heavy (non-hydrogen) atoms. The molecule has 3 heterocycles. The first-order chi connectivity index (χ1) is 12.6. The van der Waals surface area contributed by atoms with Crippen molar-refractivity contribution in [3.63, 3.8) is 0 Å². The van der Waals surface area contributed by atoms with E-state index in [0.717, 1.165) is 29.1 Å². The second kappa shape index (κ2) is 6.74. The standard InChI is InChI=1S/C19H23N3O4/c1-25-16-4-2-13(3-5-16)17-14(8-20-21-17)9-22-10-15-11-26-7-6-19(15,12-22)18(23)24/h2-5,8,15H,6-7,9-12H2,1H3,(H,20,21)(H,23,24)/t15-,19+/m1/s1. The number of ether oxygens (including phenoxy) is 2. The zero-order chi connectivity index (χ0) is 18.1. The van der Waals surface area contributed by atoms with E-state index >= 15 is 0 Å². The lowest BCUT2D eigenvalue weighted by Gasteiger charge is -2.34. The first kappa shape index (κ1) is 17.1. The number of hydrogen-bond acceptors (Lipinski definition) is 5. The van der Waals surface area contributed by atoms with Crippen LogP contribution >= 0.6 is 0 Å². The van der Waals surface area contributed by atoms with E-state index in [0.29, 0.717) is 32.7 Å². The maximum atomic E-state index is 11.9. The molecule has 2 fully saturated rings. The molecule has 4 rings (SSSR count). The summed E-state index contributed by atoms with van der Waals surface area (Å²) in [6, 6.07) is 7.82. The van der Waals surface area contributed by atoms with Gasteiger partial charge in [0.05, 0.1) is 31.0 Å². The third-order valence-electron chi connectivity index (χ3n) is 5.69. The molecule has 2 atom stereocenters. The van der Waals surface area contributed by atoms with Gasteiger partial charge >= 0.3 is 5.97 Å². The van der Waals surface area contributed by atoms with E-state index in [-0.39, 0.29) is 5.92 Å². The van der Waals surface area contributed by atoms with Crippen LogP contribution in [0, 0.1) is 11.3 Å². The van der Waals surface area contributed by atoms with Crippen molar-refractivity contribution in [1.82, 2.24) is 15.1 Å². The average molecular weight is 357 g/mol. The number of methoxy groups -OCH3 is 1. The van der Waals surface area contributed by atoms with Gasteiger partial charge in [-0.15, -0.1) is 0 Å². The van der Waals surface area contributed by atoms with Crippen LogP contribution in [0.1, 0.15) is 12.0 Å². The number of carbonyl (C=O) groups is 1. The molecule has 0 unspecified atom stereocenters. The lowest BCUT2D eigenvalue weighted by Crippen LogP contribution is -2.44. The number of aromatic nitrogens is 2. The van der Waals surface area contributed by atoms with Gasteiger partial charge in [0.2, 0.25) is 0 Å². The van der Waals surface area contributed by atoms with E-state index in [4.69, 9.17) is 9.47 Å². The van der Waals surface area contributed by atoms with E-state index in [1.807, 2.05) is 30.5 Å². The van der Waals surface area contributed by atoms with Crippen molar-refractivity contribution >= 4 is 5.97 Å². The van der Waals surface area contributed by atoms with E-state index in [1.165, 1.54) is 0 Å². The number of aromatic amines is 1. The fourth-order valence-electron chi connectivity index (χ4n) is 4.20. The predicted octanol–water partition coefficient (Wildman–Crippen LogP) is 2.01. The molecule has 1 aromatic heterocycles. The number of nitrogens with one attached hydrogen (secondary N) is 1. The lowest BCUT2D eigenvalue weighted by atomic mass is 9.74. The Balaban J connectivity index is 1.54. The fraction of sp³-hybridized carbons (Fsp3) is 0.474. The highest BCUT2D eigenvalue weighted by atomic mass is 16.5. The van der Waals surface area contributed by atoms with Crippen molar-refractivity contribution in [2.24, 2.45) is 11.3 Å². The number of nitrogens with zero attached hydrogens (tertiary/aromatic N) is 2. The van der Waals surface area contributed by atoms with Crippen molar-refractivity contribution in [1.29, 1.82) is 0 Å². The summed E-state index contributed by atoms with van der Waals surface area (Å²) in [5.74, 6) is 0.155. The van der Waals surface area contributed by atoms with Crippen LogP contribution in [0.4, 0.5) is 0 Å². The summed E-state index contributed by atoms with van der Waals surface area (Å²) < 4.78 is 10.7. The molecule has 0 radical (unpaired) electrons. The van der Waals surface area contributed by atoms with Gasteiger partial charge in [-0.3, -0.25) is 14.8 Å². The van der Waals surface area contributed by atoms with Crippen molar-refractivity contribution in [2.45, 2.75) is 13.0 Å². The molecule has 0 amide bonds. The monoisotopic (exact) mass is 357 g/mol. The van der Waals surface area contributed by atoms with Gasteiger partial charge in [0.15, 0.2) is 0 Å². The summed E-state index contributed by atoms with van der Waals surface area (Å²) in [4.78, 5) is 14.2. The van der Waals surface area contributed by atoms with Gasteiger partial charge in [0.25, 0.3) is 0 Å². The molecule has 1 aromatic carbocycles. The largest absolute Gasteiger partial charge is 0.497 e. The number of carboxylic acid groups (broad SMARTS) is 1. The van der Waals surface area contributed by atoms with Crippen LogP contribution in [0.2, 0.25) is 0 Å². The quantitative estimate of drug-likeness (QED) is 0.851. The van der Waals surface area contributed by atoms with Crippen LogP contribution in [0.25, 0.3) is 11.3 Å². The van der Waals surface area contributed by atoms with Crippen molar-refractivity contribution in [3.8, 4) is 17.0 Å². The zero-order valence-corrected chi connectivity index (χ0v) is 14.8. The van der Waals surface area contributed by atoms with Crippen molar-refractivity contribution < 1.29 is 19.4 Å². The van der Waals surface area contributed by atoms with E-state index in [9.17, 15) is 9.90 Å². The summed E-state index contributed by atoms with van der Waals surface area (Å²) in [7, 11) is 1.64. The molecule has 2 aromatic rings. The van der Waals surface area contributed by atoms with Crippen LogP contribution in [-0.2, 0) is 16.1 Å². The van der Waals surface area contributed by atoms with Crippen molar-refractivity contribution in [2.75, 3.05) is 33.4 Å².